The lowest BCUT2D eigenvalue weighted by molar-refractivity contribution is 0.0955. The number of aromatic nitrogens is 5. The Kier molecular flexibility index (Phi) is 5.29. The molecule has 4 aromatic rings. The van der Waals surface area contributed by atoms with Crippen LogP contribution in [0.3, 0.4) is 0 Å². The van der Waals surface area contributed by atoms with E-state index in [2.05, 4.69) is 39.9 Å². The second-order valence-electron chi connectivity index (χ2n) is 5.82. The molecule has 0 unspecified atom stereocenters. The Morgan fingerprint density at radius 3 is 2.64 bits per heavy atom. The molecule has 4 rings (SSSR count). The van der Waals surface area contributed by atoms with Gasteiger partial charge in [-0.3, -0.25) is 9.78 Å². The molecule has 1 amide bonds. The third-order valence-corrected chi connectivity index (χ3v) is 4.39. The average molecular weight is 392 g/mol. The molecule has 0 saturated carbocycles. The lowest BCUT2D eigenvalue weighted by atomic mass is 10.2. The molecule has 0 radical (unpaired) electrons. The van der Waals surface area contributed by atoms with Crippen molar-refractivity contribution in [1.82, 2.24) is 29.2 Å². The van der Waals surface area contributed by atoms with Crippen molar-refractivity contribution in [2.75, 3.05) is 23.7 Å². The number of fused-ring (bicyclic) bond motifs is 1. The summed E-state index contributed by atoms with van der Waals surface area (Å²) in [5, 5.41) is 17.3. The highest BCUT2D eigenvalue weighted by Crippen LogP contribution is 2.14. The first-order valence-corrected chi connectivity index (χ1v) is 9.26. The largest absolute Gasteiger partial charge is 0.367 e. The van der Waals surface area contributed by atoms with Crippen LogP contribution >= 0.6 is 11.7 Å². The van der Waals surface area contributed by atoms with E-state index in [1.165, 1.54) is 0 Å². The van der Waals surface area contributed by atoms with Gasteiger partial charge < -0.3 is 16.0 Å². The van der Waals surface area contributed by atoms with Gasteiger partial charge in [0.25, 0.3) is 5.91 Å². The zero-order valence-electron chi connectivity index (χ0n) is 14.7. The normalized spacial score (nSPS) is 10.6. The van der Waals surface area contributed by atoms with Gasteiger partial charge in [-0.05, 0) is 42.5 Å². The van der Waals surface area contributed by atoms with Crippen molar-refractivity contribution in [3.8, 4) is 0 Å². The van der Waals surface area contributed by atoms with Gasteiger partial charge in [0.2, 0.25) is 0 Å². The van der Waals surface area contributed by atoms with E-state index in [0.29, 0.717) is 30.3 Å². The minimum atomic E-state index is -0.154. The molecule has 140 valence electrons. The van der Waals surface area contributed by atoms with E-state index in [1.54, 1.807) is 30.6 Å². The van der Waals surface area contributed by atoms with Gasteiger partial charge in [-0.15, -0.1) is 10.2 Å². The van der Waals surface area contributed by atoms with Crippen LogP contribution in [0.15, 0.2) is 54.9 Å². The molecule has 0 fully saturated rings. The minimum absolute atomic E-state index is 0.154. The molecular formula is C18H16N8OS. The Labute approximate surface area is 164 Å². The summed E-state index contributed by atoms with van der Waals surface area (Å²) in [6, 6.07) is 12.6. The van der Waals surface area contributed by atoms with E-state index in [1.807, 2.05) is 24.3 Å². The fourth-order valence-corrected chi connectivity index (χ4v) is 2.99. The molecule has 28 heavy (non-hydrogen) atoms. The molecule has 3 heterocycles. The van der Waals surface area contributed by atoms with Crippen LogP contribution in [-0.2, 0) is 0 Å². The number of rotatable bonds is 7. The first-order valence-electron chi connectivity index (χ1n) is 8.53. The highest BCUT2D eigenvalue weighted by molar-refractivity contribution is 7.00. The number of hydrogen-bond acceptors (Lipinski definition) is 9. The van der Waals surface area contributed by atoms with Crippen LogP contribution in [0.5, 0.6) is 0 Å². The second-order valence-corrected chi connectivity index (χ2v) is 6.35. The molecule has 3 N–H and O–H groups in total. The Morgan fingerprint density at radius 2 is 1.82 bits per heavy atom. The maximum atomic E-state index is 12.2. The summed E-state index contributed by atoms with van der Waals surface area (Å²) in [5.74, 6) is 1.10. The number of amides is 1. The number of benzene rings is 1. The summed E-state index contributed by atoms with van der Waals surface area (Å²) >= 11 is 1.13. The summed E-state index contributed by atoms with van der Waals surface area (Å²) in [5.41, 5.74) is 2.92. The summed E-state index contributed by atoms with van der Waals surface area (Å²) in [6.45, 7) is 0.972. The van der Waals surface area contributed by atoms with Crippen LogP contribution in [0.25, 0.3) is 11.0 Å². The zero-order chi connectivity index (χ0) is 19.2. The molecule has 0 aliphatic heterocycles. The van der Waals surface area contributed by atoms with E-state index >= 15 is 0 Å². The van der Waals surface area contributed by atoms with Gasteiger partial charge in [0, 0.05) is 24.8 Å². The summed E-state index contributed by atoms with van der Waals surface area (Å²) in [4.78, 5) is 16.2. The molecule has 10 heteroatoms. The van der Waals surface area contributed by atoms with Gasteiger partial charge >= 0.3 is 0 Å². The number of nitrogens with one attached hydrogen (secondary N) is 3. The zero-order valence-corrected chi connectivity index (χ0v) is 15.5. The Balaban J connectivity index is 1.24. The van der Waals surface area contributed by atoms with Crippen molar-refractivity contribution in [2.45, 2.75) is 0 Å². The highest BCUT2D eigenvalue weighted by atomic mass is 32.1. The van der Waals surface area contributed by atoms with Crippen LogP contribution in [-0.4, -0.2) is 42.9 Å². The third-order valence-electron chi connectivity index (χ3n) is 3.83. The second kappa shape index (κ2) is 8.35. The molecule has 1 aromatic carbocycles. The van der Waals surface area contributed by atoms with Crippen LogP contribution in [0.2, 0.25) is 0 Å². The lowest BCUT2D eigenvalue weighted by Crippen LogP contribution is -2.28. The number of carbonyl (C=O) groups is 1. The van der Waals surface area contributed by atoms with Gasteiger partial charge in [-0.25, -0.2) is 0 Å². The van der Waals surface area contributed by atoms with Gasteiger partial charge in [0.1, 0.15) is 16.9 Å². The number of carbonyl (C=O) groups excluding carboxylic acids is 1. The first kappa shape index (κ1) is 17.7. The van der Waals surface area contributed by atoms with Crippen molar-refractivity contribution >= 4 is 46.0 Å². The lowest BCUT2D eigenvalue weighted by Gasteiger charge is -2.08. The molecule has 0 aliphatic rings. The van der Waals surface area contributed by atoms with Gasteiger partial charge in [0.15, 0.2) is 5.82 Å². The first-order chi connectivity index (χ1) is 13.8. The third kappa shape index (κ3) is 4.35. The van der Waals surface area contributed by atoms with E-state index in [9.17, 15) is 4.79 Å². The van der Waals surface area contributed by atoms with E-state index in [4.69, 9.17) is 0 Å². The van der Waals surface area contributed by atoms with Gasteiger partial charge in [0.05, 0.1) is 23.6 Å². The van der Waals surface area contributed by atoms with Crippen molar-refractivity contribution in [2.24, 2.45) is 0 Å². The summed E-state index contributed by atoms with van der Waals surface area (Å²) in [6.07, 6.45) is 3.41. The maximum absolute atomic E-state index is 12.2. The fourth-order valence-electron chi connectivity index (χ4n) is 2.47. The predicted octanol–water partition coefficient (Wildman–Crippen LogP) is 2.46. The van der Waals surface area contributed by atoms with Gasteiger partial charge in [-0.2, -0.15) is 8.75 Å². The van der Waals surface area contributed by atoms with Crippen molar-refractivity contribution < 1.29 is 4.79 Å². The van der Waals surface area contributed by atoms with E-state index in [-0.39, 0.29) is 5.91 Å². The van der Waals surface area contributed by atoms with Crippen LogP contribution in [0.1, 0.15) is 10.4 Å². The molecule has 0 aliphatic carbocycles. The quantitative estimate of drug-likeness (QED) is 0.411. The number of pyridine rings is 1. The molecule has 9 nitrogen and oxygen atoms in total. The van der Waals surface area contributed by atoms with Crippen molar-refractivity contribution in [3.63, 3.8) is 0 Å². The maximum Gasteiger partial charge on any atom is 0.251 e. The van der Waals surface area contributed by atoms with Crippen LogP contribution < -0.4 is 16.0 Å². The topological polar surface area (TPSA) is 118 Å². The summed E-state index contributed by atoms with van der Waals surface area (Å²) in [7, 11) is 0. The smallest absolute Gasteiger partial charge is 0.251 e. The molecule has 0 spiro atoms. The van der Waals surface area contributed by atoms with E-state index < -0.39 is 0 Å². The predicted molar refractivity (Wildman–Crippen MR) is 108 cm³/mol. The van der Waals surface area contributed by atoms with Crippen molar-refractivity contribution in [1.29, 1.82) is 0 Å². The summed E-state index contributed by atoms with van der Waals surface area (Å²) < 4.78 is 8.27. The van der Waals surface area contributed by atoms with Gasteiger partial charge in [-0.1, -0.05) is 0 Å². The number of nitrogens with zero attached hydrogens (tertiary/aromatic N) is 5. The highest BCUT2D eigenvalue weighted by Gasteiger charge is 2.07. The Morgan fingerprint density at radius 1 is 0.964 bits per heavy atom. The Bertz CT molecular complexity index is 1070. The molecular weight excluding hydrogens is 376 g/mol. The van der Waals surface area contributed by atoms with Crippen LogP contribution in [0, 0.1) is 0 Å². The fraction of sp³-hybridized carbons (Fsp3) is 0.111. The molecule has 0 atom stereocenters. The van der Waals surface area contributed by atoms with Crippen LogP contribution in [0.4, 0.5) is 17.3 Å². The minimum Gasteiger partial charge on any atom is -0.367 e. The Hall–Kier alpha value is -3.66. The van der Waals surface area contributed by atoms with E-state index in [0.717, 1.165) is 28.4 Å². The number of anilines is 3. The molecule has 0 bridgehead atoms. The number of hydrogen-bond donors (Lipinski definition) is 3. The standard InChI is InChI=1S/C18H16N8OS/c27-18(12-3-4-14-15(10-12)26-28-25-14)21-9-8-20-16-5-6-17(24-23-16)22-13-2-1-7-19-11-13/h1-7,10-11H,8-9H2,(H,20,23)(H,21,27)(H,22,24). The van der Waals surface area contributed by atoms with Crippen molar-refractivity contribution in [3.05, 3.63) is 60.4 Å². The average Bonchev–Trinajstić information content (AvgIpc) is 3.21. The molecule has 3 aromatic heterocycles. The monoisotopic (exact) mass is 392 g/mol. The SMILES string of the molecule is O=C(NCCNc1ccc(Nc2cccnc2)nn1)c1ccc2nsnc2c1. The molecule has 0 saturated heterocycles.